The first-order chi connectivity index (χ1) is 10.3. The van der Waals surface area contributed by atoms with Crippen molar-refractivity contribution < 1.29 is 0 Å². The largest absolute Gasteiger partial charge is 0.371 e. The topological polar surface area (TPSA) is 29.3 Å². The average molecular weight is 282 g/mol. The zero-order valence-electron chi connectivity index (χ0n) is 13.0. The second-order valence-electron chi connectivity index (χ2n) is 6.25. The maximum Gasteiger partial charge on any atom is 0.0445 e. The minimum Gasteiger partial charge on any atom is -0.371 e. The van der Waals surface area contributed by atoms with E-state index in [1.807, 2.05) is 0 Å². The predicted octanol–water partition coefficient (Wildman–Crippen LogP) is 4.18. The molecule has 1 fully saturated rings. The van der Waals surface area contributed by atoms with Crippen LogP contribution in [0.3, 0.4) is 0 Å². The van der Waals surface area contributed by atoms with Crippen LogP contribution in [-0.4, -0.2) is 19.1 Å². The van der Waals surface area contributed by atoms with Gasteiger partial charge in [0.15, 0.2) is 0 Å². The number of benzene rings is 2. The van der Waals surface area contributed by atoms with Crippen molar-refractivity contribution in [2.75, 3.05) is 18.0 Å². The molecule has 21 heavy (non-hydrogen) atoms. The standard InChI is InChI=1S/C19H26N2/c1-2-21(14-16-9-4-6-12-18(16)20)19-13-7-10-15-8-3-5-11-17(15)19/h3,5,7-8,10-11,13,16,18H,2,4,6,9,12,14,20H2,1H3. The van der Waals surface area contributed by atoms with Gasteiger partial charge in [-0.3, -0.25) is 0 Å². The number of fused-ring (bicyclic) bond motifs is 1. The van der Waals surface area contributed by atoms with Crippen molar-refractivity contribution in [3.05, 3.63) is 42.5 Å². The van der Waals surface area contributed by atoms with Crippen LogP contribution in [-0.2, 0) is 0 Å². The van der Waals surface area contributed by atoms with Gasteiger partial charge in [0.05, 0.1) is 0 Å². The van der Waals surface area contributed by atoms with Gasteiger partial charge in [0.1, 0.15) is 0 Å². The van der Waals surface area contributed by atoms with Crippen molar-refractivity contribution in [1.29, 1.82) is 0 Å². The van der Waals surface area contributed by atoms with Gasteiger partial charge >= 0.3 is 0 Å². The molecule has 2 unspecified atom stereocenters. The Kier molecular flexibility index (Phi) is 4.45. The van der Waals surface area contributed by atoms with E-state index >= 15 is 0 Å². The minimum atomic E-state index is 0.378. The van der Waals surface area contributed by atoms with E-state index in [9.17, 15) is 0 Å². The second-order valence-corrected chi connectivity index (χ2v) is 6.25. The van der Waals surface area contributed by atoms with Crippen LogP contribution in [0.5, 0.6) is 0 Å². The molecule has 1 saturated carbocycles. The van der Waals surface area contributed by atoms with Gasteiger partial charge in [0.2, 0.25) is 0 Å². The van der Waals surface area contributed by atoms with E-state index in [4.69, 9.17) is 5.73 Å². The molecule has 1 aliphatic rings. The molecule has 3 rings (SSSR count). The quantitative estimate of drug-likeness (QED) is 0.911. The van der Waals surface area contributed by atoms with Crippen LogP contribution in [0, 0.1) is 5.92 Å². The lowest BCUT2D eigenvalue weighted by atomic mass is 9.84. The Bertz CT molecular complexity index is 588. The highest BCUT2D eigenvalue weighted by atomic mass is 15.1. The molecule has 2 heteroatoms. The molecule has 0 saturated heterocycles. The molecule has 0 radical (unpaired) electrons. The van der Waals surface area contributed by atoms with Crippen molar-refractivity contribution in [1.82, 2.24) is 0 Å². The molecule has 0 aliphatic heterocycles. The van der Waals surface area contributed by atoms with E-state index < -0.39 is 0 Å². The lowest BCUT2D eigenvalue weighted by molar-refractivity contribution is 0.310. The summed E-state index contributed by atoms with van der Waals surface area (Å²) in [5.74, 6) is 0.637. The first kappa shape index (κ1) is 14.4. The van der Waals surface area contributed by atoms with Crippen LogP contribution in [0.2, 0.25) is 0 Å². The van der Waals surface area contributed by atoms with Gasteiger partial charge in [0, 0.05) is 30.2 Å². The lowest BCUT2D eigenvalue weighted by Crippen LogP contribution is -2.41. The number of hydrogen-bond donors (Lipinski definition) is 1. The van der Waals surface area contributed by atoms with E-state index in [1.165, 1.54) is 42.1 Å². The maximum absolute atomic E-state index is 6.35. The van der Waals surface area contributed by atoms with Crippen molar-refractivity contribution in [3.8, 4) is 0 Å². The van der Waals surface area contributed by atoms with Crippen molar-refractivity contribution in [3.63, 3.8) is 0 Å². The Morgan fingerprint density at radius 3 is 2.62 bits per heavy atom. The van der Waals surface area contributed by atoms with Gasteiger partial charge in [-0.2, -0.15) is 0 Å². The molecule has 1 aliphatic carbocycles. The van der Waals surface area contributed by atoms with Gasteiger partial charge in [0.25, 0.3) is 0 Å². The third-order valence-corrected chi connectivity index (χ3v) is 4.91. The summed E-state index contributed by atoms with van der Waals surface area (Å²) in [7, 11) is 0. The summed E-state index contributed by atoms with van der Waals surface area (Å²) in [6.07, 6.45) is 5.11. The fourth-order valence-electron chi connectivity index (χ4n) is 3.63. The van der Waals surface area contributed by atoms with Gasteiger partial charge in [-0.1, -0.05) is 49.2 Å². The first-order valence-electron chi connectivity index (χ1n) is 8.28. The Morgan fingerprint density at radius 2 is 1.81 bits per heavy atom. The van der Waals surface area contributed by atoms with Crippen molar-refractivity contribution in [2.45, 2.75) is 38.6 Å². The molecular formula is C19H26N2. The summed E-state index contributed by atoms with van der Waals surface area (Å²) in [5, 5.41) is 2.67. The summed E-state index contributed by atoms with van der Waals surface area (Å²) in [5.41, 5.74) is 7.70. The average Bonchev–Trinajstić information content (AvgIpc) is 2.54. The molecular weight excluding hydrogens is 256 g/mol. The van der Waals surface area contributed by atoms with Gasteiger partial charge in [-0.05, 0) is 37.1 Å². The summed E-state index contributed by atoms with van der Waals surface area (Å²) in [4.78, 5) is 2.51. The SMILES string of the molecule is CCN(CC1CCCCC1N)c1cccc2ccccc12. The Balaban J connectivity index is 1.87. The van der Waals surface area contributed by atoms with Crippen LogP contribution in [0.25, 0.3) is 10.8 Å². The summed E-state index contributed by atoms with van der Waals surface area (Å²) in [6.45, 7) is 4.37. The summed E-state index contributed by atoms with van der Waals surface area (Å²) >= 11 is 0. The lowest BCUT2D eigenvalue weighted by Gasteiger charge is -2.34. The molecule has 0 spiro atoms. The van der Waals surface area contributed by atoms with Gasteiger partial charge < -0.3 is 10.6 Å². The van der Waals surface area contributed by atoms with E-state index in [-0.39, 0.29) is 0 Å². The van der Waals surface area contributed by atoms with Gasteiger partial charge in [-0.15, -0.1) is 0 Å². The fourth-order valence-corrected chi connectivity index (χ4v) is 3.63. The number of rotatable bonds is 4. The Morgan fingerprint density at radius 1 is 1.05 bits per heavy atom. The molecule has 2 aromatic rings. The highest BCUT2D eigenvalue weighted by Crippen LogP contribution is 2.30. The molecule has 112 valence electrons. The highest BCUT2D eigenvalue weighted by Gasteiger charge is 2.24. The van der Waals surface area contributed by atoms with Crippen molar-refractivity contribution in [2.24, 2.45) is 11.7 Å². The van der Waals surface area contributed by atoms with E-state index in [0.29, 0.717) is 12.0 Å². The van der Waals surface area contributed by atoms with Crippen LogP contribution >= 0.6 is 0 Å². The molecule has 0 aromatic heterocycles. The third-order valence-electron chi connectivity index (χ3n) is 4.91. The Hall–Kier alpha value is -1.54. The molecule has 2 nitrogen and oxygen atoms in total. The van der Waals surface area contributed by atoms with Crippen LogP contribution in [0.4, 0.5) is 5.69 Å². The van der Waals surface area contributed by atoms with E-state index in [0.717, 1.165) is 13.1 Å². The normalized spacial score (nSPS) is 22.4. The summed E-state index contributed by atoms with van der Waals surface area (Å²) < 4.78 is 0. The number of hydrogen-bond acceptors (Lipinski definition) is 2. The third kappa shape index (κ3) is 3.06. The fraction of sp³-hybridized carbons (Fsp3) is 0.474. The van der Waals surface area contributed by atoms with Crippen molar-refractivity contribution >= 4 is 16.5 Å². The number of anilines is 1. The smallest absolute Gasteiger partial charge is 0.0445 e. The predicted molar refractivity (Wildman–Crippen MR) is 91.8 cm³/mol. The van der Waals surface area contributed by atoms with Crippen LogP contribution in [0.15, 0.2) is 42.5 Å². The molecule has 2 aromatic carbocycles. The molecule has 2 atom stereocenters. The van der Waals surface area contributed by atoms with E-state index in [2.05, 4.69) is 54.3 Å². The molecule has 0 amide bonds. The number of nitrogens with two attached hydrogens (primary N) is 1. The maximum atomic E-state index is 6.35. The van der Waals surface area contributed by atoms with Gasteiger partial charge in [-0.25, -0.2) is 0 Å². The first-order valence-corrected chi connectivity index (χ1v) is 8.28. The highest BCUT2D eigenvalue weighted by molar-refractivity contribution is 5.94. The van der Waals surface area contributed by atoms with Crippen LogP contribution in [0.1, 0.15) is 32.6 Å². The monoisotopic (exact) mass is 282 g/mol. The molecule has 0 heterocycles. The van der Waals surface area contributed by atoms with E-state index in [1.54, 1.807) is 0 Å². The van der Waals surface area contributed by atoms with Crippen LogP contribution < -0.4 is 10.6 Å². The second kappa shape index (κ2) is 6.48. The molecule has 0 bridgehead atoms. The number of nitrogens with zero attached hydrogens (tertiary/aromatic N) is 1. The zero-order chi connectivity index (χ0) is 14.7. The Labute approximate surface area is 127 Å². The minimum absolute atomic E-state index is 0.378. The molecule has 2 N–H and O–H groups in total. The summed E-state index contributed by atoms with van der Waals surface area (Å²) in [6, 6.07) is 15.7. The zero-order valence-corrected chi connectivity index (χ0v) is 13.0.